The molecule has 0 aromatic heterocycles. The number of carbonyl (C=O) groups excluding carboxylic acids is 1. The number of benzene rings is 1. The van der Waals surface area contributed by atoms with Crippen molar-refractivity contribution in [3.8, 4) is 0 Å². The monoisotopic (exact) mass is 387 g/mol. The Morgan fingerprint density at radius 2 is 1.84 bits per heavy atom. The number of aryl methyl sites for hydroxylation is 1. The molecule has 1 saturated carbocycles. The van der Waals surface area contributed by atoms with Gasteiger partial charge in [-0.2, -0.15) is 0 Å². The number of nitrogens with zero attached hydrogens (tertiary/aromatic N) is 1. The maximum atomic E-state index is 12.4. The minimum atomic E-state index is 0. The largest absolute Gasteiger partial charge is 0.354 e. The number of amides is 1. The molecule has 4 nitrogen and oxygen atoms in total. The number of halogens is 2. The van der Waals surface area contributed by atoms with Crippen LogP contribution in [0.3, 0.4) is 0 Å². The summed E-state index contributed by atoms with van der Waals surface area (Å²) in [6.07, 6.45) is 5.27. The number of likely N-dealkylation sites (tertiary alicyclic amines) is 1. The summed E-state index contributed by atoms with van der Waals surface area (Å²) in [7, 11) is 0. The second-order valence-electron chi connectivity index (χ2n) is 7.18. The number of nitrogens with one attached hydrogen (secondary N) is 1. The van der Waals surface area contributed by atoms with E-state index in [0.29, 0.717) is 6.54 Å². The van der Waals surface area contributed by atoms with Gasteiger partial charge in [-0.1, -0.05) is 29.8 Å². The molecule has 0 spiro atoms. The highest BCUT2D eigenvalue weighted by atomic mass is 35.5. The Bertz CT molecular complexity index is 532. The highest BCUT2D eigenvalue weighted by molar-refractivity contribution is 5.85. The predicted molar refractivity (Wildman–Crippen MR) is 108 cm³/mol. The molecule has 0 radical (unpaired) electrons. The molecule has 1 heterocycles. The van der Waals surface area contributed by atoms with Gasteiger partial charge in [0.05, 0.1) is 6.04 Å². The molecule has 3 unspecified atom stereocenters. The van der Waals surface area contributed by atoms with Crippen LogP contribution in [0, 0.1) is 12.8 Å². The maximum absolute atomic E-state index is 12.4. The van der Waals surface area contributed by atoms with Crippen molar-refractivity contribution in [2.24, 2.45) is 11.7 Å². The number of nitrogens with two attached hydrogens (primary N) is 1. The van der Waals surface area contributed by atoms with Gasteiger partial charge in [-0.15, -0.1) is 24.8 Å². The third-order valence-corrected chi connectivity index (χ3v) is 5.36. The third kappa shape index (κ3) is 5.85. The molecule has 1 aliphatic heterocycles. The lowest BCUT2D eigenvalue weighted by Gasteiger charge is -2.28. The first kappa shape index (κ1) is 22.2. The van der Waals surface area contributed by atoms with Gasteiger partial charge in [0.15, 0.2) is 0 Å². The normalized spacial score (nSPS) is 24.2. The molecule has 3 N–H and O–H groups in total. The molecule has 1 aromatic carbocycles. The average molecular weight is 388 g/mol. The first-order chi connectivity index (χ1) is 11.1. The van der Waals surface area contributed by atoms with Crippen LogP contribution >= 0.6 is 24.8 Å². The van der Waals surface area contributed by atoms with E-state index in [0.717, 1.165) is 32.4 Å². The van der Waals surface area contributed by atoms with Crippen molar-refractivity contribution in [3.05, 3.63) is 35.4 Å². The Kier molecular flexibility index (Phi) is 9.22. The van der Waals surface area contributed by atoms with Crippen LogP contribution in [0.2, 0.25) is 0 Å². The fourth-order valence-electron chi connectivity index (χ4n) is 3.90. The average Bonchev–Trinajstić information content (AvgIpc) is 3.21. The molecule has 1 saturated heterocycles. The summed E-state index contributed by atoms with van der Waals surface area (Å²) >= 11 is 0. The highest BCUT2D eigenvalue weighted by Crippen LogP contribution is 2.27. The van der Waals surface area contributed by atoms with E-state index in [9.17, 15) is 4.79 Å². The molecule has 1 aliphatic carbocycles. The Morgan fingerprint density at radius 3 is 2.40 bits per heavy atom. The molecule has 6 heteroatoms. The molecule has 3 rings (SSSR count). The fraction of sp³-hybridized carbons (Fsp3) is 0.632. The molecule has 1 amide bonds. The SMILES string of the molecule is Cc1ccc(C(CNC(=O)C2CCC(N)C2)N2CCCC2)cc1.Cl.Cl. The van der Waals surface area contributed by atoms with Gasteiger partial charge < -0.3 is 11.1 Å². The summed E-state index contributed by atoms with van der Waals surface area (Å²) < 4.78 is 0. The first-order valence-corrected chi connectivity index (χ1v) is 8.97. The number of rotatable bonds is 5. The van der Waals surface area contributed by atoms with E-state index in [2.05, 4.69) is 41.4 Å². The van der Waals surface area contributed by atoms with Gasteiger partial charge in [0.1, 0.15) is 0 Å². The van der Waals surface area contributed by atoms with E-state index >= 15 is 0 Å². The van der Waals surface area contributed by atoms with Crippen LogP contribution in [0.5, 0.6) is 0 Å². The second kappa shape index (κ2) is 10.4. The first-order valence-electron chi connectivity index (χ1n) is 8.97. The lowest BCUT2D eigenvalue weighted by molar-refractivity contribution is -0.125. The van der Waals surface area contributed by atoms with Crippen molar-refractivity contribution in [1.82, 2.24) is 10.2 Å². The summed E-state index contributed by atoms with van der Waals surface area (Å²) in [5, 5.41) is 3.20. The van der Waals surface area contributed by atoms with E-state index in [4.69, 9.17) is 5.73 Å². The van der Waals surface area contributed by atoms with Gasteiger partial charge in [-0.3, -0.25) is 9.69 Å². The number of carbonyl (C=O) groups is 1. The van der Waals surface area contributed by atoms with Crippen LogP contribution in [-0.2, 0) is 4.79 Å². The Hall–Kier alpha value is -0.810. The number of hydrogen-bond acceptors (Lipinski definition) is 3. The van der Waals surface area contributed by atoms with Crippen LogP contribution in [0.25, 0.3) is 0 Å². The van der Waals surface area contributed by atoms with Crippen molar-refractivity contribution in [2.75, 3.05) is 19.6 Å². The predicted octanol–water partition coefficient (Wildman–Crippen LogP) is 3.22. The van der Waals surface area contributed by atoms with Crippen LogP contribution in [0.4, 0.5) is 0 Å². The second-order valence-corrected chi connectivity index (χ2v) is 7.18. The van der Waals surface area contributed by atoms with E-state index in [1.807, 2.05) is 0 Å². The highest BCUT2D eigenvalue weighted by Gasteiger charge is 2.29. The van der Waals surface area contributed by atoms with E-state index < -0.39 is 0 Å². The standard InChI is InChI=1S/C19H29N3O.2ClH/c1-14-4-6-15(7-5-14)18(22-10-2-3-11-22)13-21-19(23)16-8-9-17(20)12-16;;/h4-7,16-18H,2-3,8-13,20H2,1H3,(H,21,23);2*1H. The number of hydrogen-bond donors (Lipinski definition) is 2. The third-order valence-electron chi connectivity index (χ3n) is 5.36. The van der Waals surface area contributed by atoms with Crippen molar-refractivity contribution in [3.63, 3.8) is 0 Å². The van der Waals surface area contributed by atoms with Crippen LogP contribution in [-0.4, -0.2) is 36.5 Å². The minimum absolute atomic E-state index is 0. The van der Waals surface area contributed by atoms with Crippen molar-refractivity contribution in [2.45, 2.75) is 51.1 Å². The molecule has 1 aromatic rings. The van der Waals surface area contributed by atoms with Crippen LogP contribution in [0.15, 0.2) is 24.3 Å². The minimum Gasteiger partial charge on any atom is -0.354 e. The zero-order valence-corrected chi connectivity index (χ0v) is 16.6. The van der Waals surface area contributed by atoms with E-state index in [1.54, 1.807) is 0 Å². The summed E-state index contributed by atoms with van der Waals surface area (Å²) in [6.45, 7) is 5.07. The van der Waals surface area contributed by atoms with Crippen LogP contribution < -0.4 is 11.1 Å². The Balaban J connectivity index is 0.00000156. The topological polar surface area (TPSA) is 58.4 Å². The van der Waals surface area contributed by atoms with Gasteiger partial charge in [0.2, 0.25) is 5.91 Å². The van der Waals surface area contributed by atoms with E-state index in [1.165, 1.54) is 24.0 Å². The van der Waals surface area contributed by atoms with Gasteiger partial charge >= 0.3 is 0 Å². The zero-order chi connectivity index (χ0) is 16.2. The Morgan fingerprint density at radius 1 is 1.20 bits per heavy atom. The summed E-state index contributed by atoms with van der Waals surface area (Å²) in [5.41, 5.74) is 8.52. The van der Waals surface area contributed by atoms with Crippen molar-refractivity contribution in [1.29, 1.82) is 0 Å². The molecule has 3 atom stereocenters. The Labute approximate surface area is 163 Å². The molecular formula is C19H31Cl2N3O. The van der Waals surface area contributed by atoms with Gasteiger partial charge in [0, 0.05) is 18.5 Å². The van der Waals surface area contributed by atoms with Gasteiger partial charge in [-0.25, -0.2) is 0 Å². The van der Waals surface area contributed by atoms with Crippen molar-refractivity contribution >= 4 is 30.7 Å². The summed E-state index contributed by atoms with van der Waals surface area (Å²) in [5.74, 6) is 0.302. The van der Waals surface area contributed by atoms with Crippen LogP contribution in [0.1, 0.15) is 49.3 Å². The molecule has 2 aliphatic rings. The molecular weight excluding hydrogens is 357 g/mol. The molecule has 2 fully saturated rings. The smallest absolute Gasteiger partial charge is 0.223 e. The van der Waals surface area contributed by atoms with Gasteiger partial charge in [0.25, 0.3) is 0 Å². The quantitative estimate of drug-likeness (QED) is 0.814. The van der Waals surface area contributed by atoms with E-state index in [-0.39, 0.29) is 48.7 Å². The van der Waals surface area contributed by atoms with Crippen molar-refractivity contribution < 1.29 is 4.79 Å². The molecule has 142 valence electrons. The molecule has 25 heavy (non-hydrogen) atoms. The van der Waals surface area contributed by atoms with Gasteiger partial charge in [-0.05, 0) is 57.7 Å². The fourth-order valence-corrected chi connectivity index (χ4v) is 3.90. The summed E-state index contributed by atoms with van der Waals surface area (Å²) in [4.78, 5) is 14.9. The lowest BCUT2D eigenvalue weighted by atomic mass is 10.0. The summed E-state index contributed by atoms with van der Waals surface area (Å²) in [6, 6.07) is 9.23. The lowest BCUT2D eigenvalue weighted by Crippen LogP contribution is -2.39. The maximum Gasteiger partial charge on any atom is 0.223 e. The zero-order valence-electron chi connectivity index (χ0n) is 14.9. The molecule has 0 bridgehead atoms.